The fourth-order valence-corrected chi connectivity index (χ4v) is 1.67. The molecule has 0 amide bonds. The summed E-state index contributed by atoms with van der Waals surface area (Å²) in [6.45, 7) is 3.83. The van der Waals surface area contributed by atoms with Crippen LogP contribution in [0.5, 0.6) is 5.88 Å². The maximum atomic E-state index is 14.1. The van der Waals surface area contributed by atoms with Crippen molar-refractivity contribution in [2.24, 2.45) is 0 Å². The van der Waals surface area contributed by atoms with Crippen LogP contribution in [0.2, 0.25) is 0 Å². The van der Waals surface area contributed by atoms with Crippen molar-refractivity contribution < 1.29 is 13.9 Å². The number of halogens is 1. The number of aromatic nitrogens is 2. The third-order valence-corrected chi connectivity index (χ3v) is 2.52. The molecule has 0 atom stereocenters. The highest BCUT2D eigenvalue weighted by Gasteiger charge is 2.18. The van der Waals surface area contributed by atoms with Gasteiger partial charge in [-0.2, -0.15) is 0 Å². The molecule has 0 bridgehead atoms. The number of carbonyl (C=O) groups excluding carboxylic acids is 1. The van der Waals surface area contributed by atoms with Crippen LogP contribution in [-0.2, 0) is 0 Å². The van der Waals surface area contributed by atoms with Crippen molar-refractivity contribution >= 4 is 5.78 Å². The second kappa shape index (κ2) is 5.56. The molecule has 0 unspecified atom stereocenters. The maximum Gasteiger partial charge on any atom is 0.251 e. The molecule has 98 valence electrons. The molecule has 0 fully saturated rings. The van der Waals surface area contributed by atoms with E-state index in [9.17, 15) is 9.18 Å². The van der Waals surface area contributed by atoms with E-state index in [0.29, 0.717) is 5.56 Å². The lowest BCUT2D eigenvalue weighted by Crippen LogP contribution is -2.08. The van der Waals surface area contributed by atoms with Crippen LogP contribution < -0.4 is 4.74 Å². The third-order valence-electron chi connectivity index (χ3n) is 2.52. The maximum absolute atomic E-state index is 14.1. The second-order valence-electron chi connectivity index (χ2n) is 3.99. The number of hydrogen-bond donors (Lipinski definition) is 0. The van der Waals surface area contributed by atoms with Gasteiger partial charge in [0.15, 0.2) is 11.6 Å². The van der Waals surface area contributed by atoms with Crippen molar-refractivity contribution in [2.45, 2.75) is 13.8 Å². The molecule has 0 saturated carbocycles. The van der Waals surface area contributed by atoms with Gasteiger partial charge in [-0.25, -0.2) is 9.37 Å². The van der Waals surface area contributed by atoms with Crippen molar-refractivity contribution in [2.75, 3.05) is 6.61 Å². The second-order valence-corrected chi connectivity index (χ2v) is 3.99. The van der Waals surface area contributed by atoms with Gasteiger partial charge < -0.3 is 4.74 Å². The van der Waals surface area contributed by atoms with Gasteiger partial charge in [0.25, 0.3) is 5.88 Å². The van der Waals surface area contributed by atoms with E-state index in [-0.39, 0.29) is 18.1 Å². The predicted octanol–water partition coefficient (Wildman–Crippen LogP) is 2.55. The Morgan fingerprint density at radius 2 is 2.21 bits per heavy atom. The lowest BCUT2D eigenvalue weighted by Gasteiger charge is -2.07. The van der Waals surface area contributed by atoms with E-state index in [0.717, 1.165) is 5.56 Å². The molecular formula is C14H13FN2O2. The summed E-state index contributed by atoms with van der Waals surface area (Å²) in [5.41, 5.74) is 1.11. The predicted molar refractivity (Wildman–Crippen MR) is 67.8 cm³/mol. The van der Waals surface area contributed by atoms with Gasteiger partial charge in [-0.3, -0.25) is 9.78 Å². The van der Waals surface area contributed by atoms with E-state index in [4.69, 9.17) is 4.74 Å². The molecule has 0 aliphatic heterocycles. The molecule has 0 aliphatic carbocycles. The van der Waals surface area contributed by atoms with Crippen molar-refractivity contribution in [3.05, 3.63) is 53.2 Å². The summed E-state index contributed by atoms with van der Waals surface area (Å²) in [7, 11) is 0. The molecule has 2 rings (SSSR count). The molecule has 2 aromatic heterocycles. The van der Waals surface area contributed by atoms with Gasteiger partial charge in [-0.15, -0.1) is 0 Å². The zero-order chi connectivity index (χ0) is 13.8. The molecule has 0 aliphatic rings. The fraction of sp³-hybridized carbons (Fsp3) is 0.214. The summed E-state index contributed by atoms with van der Waals surface area (Å²) < 4.78 is 19.1. The normalized spacial score (nSPS) is 10.3. The minimum Gasteiger partial charge on any atom is -0.476 e. The molecule has 0 N–H and O–H groups in total. The molecule has 0 saturated heterocycles. The van der Waals surface area contributed by atoms with Crippen LogP contribution in [0, 0.1) is 12.7 Å². The van der Waals surface area contributed by atoms with Gasteiger partial charge >= 0.3 is 0 Å². The number of hydrogen-bond acceptors (Lipinski definition) is 4. The van der Waals surface area contributed by atoms with Gasteiger partial charge in [-0.05, 0) is 31.5 Å². The van der Waals surface area contributed by atoms with Crippen LogP contribution in [0.15, 0.2) is 30.7 Å². The average Bonchev–Trinajstić information content (AvgIpc) is 2.41. The van der Waals surface area contributed by atoms with Gasteiger partial charge in [0.05, 0.1) is 12.2 Å². The van der Waals surface area contributed by atoms with Gasteiger partial charge in [0.1, 0.15) is 0 Å². The number of aryl methyl sites for hydroxylation is 1. The Labute approximate surface area is 110 Å². The number of rotatable bonds is 4. The minimum absolute atomic E-state index is 0.0640. The fourth-order valence-electron chi connectivity index (χ4n) is 1.67. The Morgan fingerprint density at radius 3 is 2.89 bits per heavy atom. The number of ether oxygens (including phenoxy) is 1. The first-order valence-corrected chi connectivity index (χ1v) is 5.87. The molecule has 2 aromatic rings. The van der Waals surface area contributed by atoms with Crippen molar-refractivity contribution in [3.63, 3.8) is 0 Å². The van der Waals surface area contributed by atoms with Gasteiger partial charge in [0.2, 0.25) is 0 Å². The quantitative estimate of drug-likeness (QED) is 0.793. The summed E-state index contributed by atoms with van der Waals surface area (Å²) >= 11 is 0. The Hall–Kier alpha value is -2.30. The Kier molecular flexibility index (Phi) is 3.85. The molecule has 5 heteroatoms. The number of carbonyl (C=O) groups is 1. The third kappa shape index (κ3) is 2.76. The topological polar surface area (TPSA) is 52.1 Å². The zero-order valence-electron chi connectivity index (χ0n) is 10.7. The van der Waals surface area contributed by atoms with Crippen LogP contribution in [0.1, 0.15) is 28.4 Å². The SMILES string of the molecule is CCOc1nccc(C(=O)c2cncc(C)c2)c1F. The van der Waals surface area contributed by atoms with Crippen molar-refractivity contribution in [1.29, 1.82) is 0 Å². The Balaban J connectivity index is 2.42. The van der Waals surface area contributed by atoms with Crippen LogP contribution in [0.25, 0.3) is 0 Å². The summed E-state index contributed by atoms with van der Waals surface area (Å²) in [5.74, 6) is -1.33. The molecule has 4 nitrogen and oxygen atoms in total. The monoisotopic (exact) mass is 260 g/mol. The molecule has 0 spiro atoms. The first kappa shape index (κ1) is 13.1. The average molecular weight is 260 g/mol. The van der Waals surface area contributed by atoms with Crippen LogP contribution in [0.4, 0.5) is 4.39 Å². The minimum atomic E-state index is -0.740. The van der Waals surface area contributed by atoms with Gasteiger partial charge in [-0.1, -0.05) is 0 Å². The highest BCUT2D eigenvalue weighted by molar-refractivity contribution is 6.09. The highest BCUT2D eigenvalue weighted by Crippen LogP contribution is 2.20. The molecule has 0 radical (unpaired) electrons. The number of pyridine rings is 2. The Bertz CT molecular complexity index is 614. The van der Waals surface area contributed by atoms with E-state index in [1.807, 2.05) is 6.92 Å². The van der Waals surface area contributed by atoms with Crippen LogP contribution in [0.3, 0.4) is 0 Å². The molecular weight excluding hydrogens is 247 g/mol. The Morgan fingerprint density at radius 1 is 1.42 bits per heavy atom. The first-order chi connectivity index (χ1) is 9.13. The van der Waals surface area contributed by atoms with Crippen molar-refractivity contribution in [3.8, 4) is 5.88 Å². The lowest BCUT2D eigenvalue weighted by atomic mass is 10.0. The van der Waals surface area contributed by atoms with E-state index >= 15 is 0 Å². The van der Waals surface area contributed by atoms with Gasteiger partial charge in [0, 0.05) is 24.2 Å². The summed E-state index contributed by atoms with van der Waals surface area (Å²) in [6.07, 6.45) is 4.39. The summed E-state index contributed by atoms with van der Waals surface area (Å²) in [4.78, 5) is 19.9. The number of nitrogens with zero attached hydrogens (tertiary/aromatic N) is 2. The molecule has 19 heavy (non-hydrogen) atoms. The van der Waals surface area contributed by atoms with E-state index in [2.05, 4.69) is 9.97 Å². The van der Waals surface area contributed by atoms with E-state index < -0.39 is 11.6 Å². The molecule has 0 aromatic carbocycles. The highest BCUT2D eigenvalue weighted by atomic mass is 19.1. The summed E-state index contributed by atoms with van der Waals surface area (Å²) in [5, 5.41) is 0. The largest absolute Gasteiger partial charge is 0.476 e. The standard InChI is InChI=1S/C14H13FN2O2/c1-3-19-14-12(15)11(4-5-17-14)13(18)10-6-9(2)7-16-8-10/h4-8H,3H2,1-2H3. The van der Waals surface area contributed by atoms with E-state index in [1.54, 1.807) is 19.2 Å². The smallest absolute Gasteiger partial charge is 0.251 e. The number of ketones is 1. The van der Waals surface area contributed by atoms with E-state index in [1.165, 1.54) is 18.5 Å². The van der Waals surface area contributed by atoms with Crippen molar-refractivity contribution in [1.82, 2.24) is 9.97 Å². The van der Waals surface area contributed by atoms with Crippen LogP contribution in [-0.4, -0.2) is 22.4 Å². The summed E-state index contributed by atoms with van der Waals surface area (Å²) in [6, 6.07) is 3.00. The van der Waals surface area contributed by atoms with Crippen LogP contribution >= 0.6 is 0 Å². The zero-order valence-corrected chi connectivity index (χ0v) is 10.7. The first-order valence-electron chi connectivity index (χ1n) is 5.87. The lowest BCUT2D eigenvalue weighted by molar-refractivity contribution is 0.103. The molecule has 2 heterocycles.